The minimum Gasteiger partial charge on any atom is -0.388 e. The van der Waals surface area contributed by atoms with Crippen molar-refractivity contribution >= 4 is 11.4 Å². The largest absolute Gasteiger partial charge is 0.388 e. The van der Waals surface area contributed by atoms with Crippen molar-refractivity contribution in [1.29, 1.82) is 0 Å². The van der Waals surface area contributed by atoms with Crippen molar-refractivity contribution in [2.24, 2.45) is 0 Å². The third-order valence-electron chi connectivity index (χ3n) is 3.51. The molecule has 1 fully saturated rings. The van der Waals surface area contributed by atoms with Crippen LogP contribution in [0.2, 0.25) is 0 Å². The molecule has 0 saturated carbocycles. The van der Waals surface area contributed by atoms with Crippen molar-refractivity contribution in [3.8, 4) is 0 Å². The van der Waals surface area contributed by atoms with Gasteiger partial charge < -0.3 is 10.0 Å². The van der Waals surface area contributed by atoms with Gasteiger partial charge in [0.1, 0.15) is 11.5 Å². The molecule has 1 saturated heterocycles. The average molecular weight is 268 g/mol. The predicted octanol–water partition coefficient (Wildman–Crippen LogP) is 2.47. The second-order valence-electron chi connectivity index (χ2n) is 5.40. The van der Waals surface area contributed by atoms with Gasteiger partial charge in [0.2, 0.25) is 0 Å². The van der Waals surface area contributed by atoms with Crippen LogP contribution in [0.25, 0.3) is 0 Å². The summed E-state index contributed by atoms with van der Waals surface area (Å²) in [7, 11) is 0. The molecule has 0 amide bonds. The Labute approximate surface area is 110 Å². The Morgan fingerprint density at radius 2 is 2.21 bits per heavy atom. The third-order valence-corrected chi connectivity index (χ3v) is 3.51. The summed E-state index contributed by atoms with van der Waals surface area (Å²) < 4.78 is 13.4. The number of nitro groups is 1. The Balaban J connectivity index is 2.46. The van der Waals surface area contributed by atoms with E-state index in [9.17, 15) is 19.6 Å². The van der Waals surface area contributed by atoms with Gasteiger partial charge in [0, 0.05) is 18.7 Å². The number of rotatable bonds is 3. The summed E-state index contributed by atoms with van der Waals surface area (Å²) in [5, 5.41) is 21.2. The number of anilines is 1. The van der Waals surface area contributed by atoms with Crippen LogP contribution in [-0.4, -0.2) is 28.2 Å². The molecule has 1 N–H and O–H groups in total. The molecule has 1 aliphatic heterocycles. The van der Waals surface area contributed by atoms with E-state index in [0.717, 1.165) is 18.9 Å². The van der Waals surface area contributed by atoms with E-state index < -0.39 is 16.3 Å². The van der Waals surface area contributed by atoms with Gasteiger partial charge in [0.05, 0.1) is 16.6 Å². The highest BCUT2D eigenvalue weighted by molar-refractivity contribution is 5.64. The summed E-state index contributed by atoms with van der Waals surface area (Å²) in [5.74, 6) is -0.512. The van der Waals surface area contributed by atoms with Gasteiger partial charge in [-0.05, 0) is 32.8 Å². The summed E-state index contributed by atoms with van der Waals surface area (Å²) >= 11 is 0. The van der Waals surface area contributed by atoms with Crippen LogP contribution >= 0.6 is 0 Å². The quantitative estimate of drug-likeness (QED) is 0.675. The van der Waals surface area contributed by atoms with Gasteiger partial charge in [-0.15, -0.1) is 0 Å². The lowest BCUT2D eigenvalue weighted by Gasteiger charge is -2.35. The van der Waals surface area contributed by atoms with Crippen LogP contribution in [0.5, 0.6) is 0 Å². The first-order valence-electron chi connectivity index (χ1n) is 6.23. The molecule has 0 radical (unpaired) electrons. The molecule has 19 heavy (non-hydrogen) atoms. The minimum absolute atomic E-state index is 0.127. The van der Waals surface area contributed by atoms with Gasteiger partial charge in [-0.3, -0.25) is 10.1 Å². The van der Waals surface area contributed by atoms with Crippen LogP contribution < -0.4 is 4.90 Å². The minimum atomic E-state index is -0.989. The van der Waals surface area contributed by atoms with Crippen molar-refractivity contribution in [2.75, 3.05) is 11.4 Å². The highest BCUT2D eigenvalue weighted by Gasteiger charge is 2.38. The molecule has 1 aromatic rings. The molecule has 0 aliphatic carbocycles. The van der Waals surface area contributed by atoms with Crippen molar-refractivity contribution in [3.05, 3.63) is 34.1 Å². The summed E-state index contributed by atoms with van der Waals surface area (Å²) in [6.07, 6.45) is 1.56. The van der Waals surface area contributed by atoms with Gasteiger partial charge in [-0.2, -0.15) is 0 Å². The maximum atomic E-state index is 13.4. The summed E-state index contributed by atoms with van der Waals surface area (Å²) in [5.41, 5.74) is -0.872. The van der Waals surface area contributed by atoms with Gasteiger partial charge in [-0.25, -0.2) is 4.39 Å². The first-order chi connectivity index (χ1) is 8.80. The average Bonchev–Trinajstić information content (AvgIpc) is 2.76. The molecule has 1 aliphatic rings. The Bertz CT molecular complexity index is 499. The van der Waals surface area contributed by atoms with Crippen LogP contribution in [0, 0.1) is 15.9 Å². The molecule has 0 spiro atoms. The Kier molecular flexibility index (Phi) is 3.45. The van der Waals surface area contributed by atoms with E-state index in [2.05, 4.69) is 0 Å². The number of hydrogen-bond donors (Lipinski definition) is 1. The molecule has 1 aromatic carbocycles. The number of nitro benzene ring substituents is 1. The molecule has 1 heterocycles. The van der Waals surface area contributed by atoms with E-state index in [1.807, 2.05) is 0 Å². The molecule has 6 heteroatoms. The molecule has 104 valence electrons. The zero-order valence-electron chi connectivity index (χ0n) is 11.0. The Morgan fingerprint density at radius 1 is 1.53 bits per heavy atom. The van der Waals surface area contributed by atoms with E-state index in [0.29, 0.717) is 6.54 Å². The maximum Gasteiger partial charge on any atom is 0.292 e. The zero-order chi connectivity index (χ0) is 14.2. The van der Waals surface area contributed by atoms with Gasteiger partial charge in [0.15, 0.2) is 0 Å². The Hall–Kier alpha value is -1.69. The number of aliphatic hydroxyl groups is 1. The standard InChI is InChI=1S/C13H17FN2O3/c1-13(2,17)12-4-3-7-15(12)11-8-9(14)5-6-10(11)16(18)19/h5-6,8,12,17H,3-4,7H2,1-2H3/t12-/m1/s1. The summed E-state index contributed by atoms with van der Waals surface area (Å²) in [4.78, 5) is 12.3. The van der Waals surface area contributed by atoms with Crippen molar-refractivity contribution in [3.63, 3.8) is 0 Å². The molecular formula is C13H17FN2O3. The fourth-order valence-corrected chi connectivity index (χ4v) is 2.67. The van der Waals surface area contributed by atoms with Crippen molar-refractivity contribution in [2.45, 2.75) is 38.3 Å². The predicted molar refractivity (Wildman–Crippen MR) is 69.7 cm³/mol. The fraction of sp³-hybridized carbons (Fsp3) is 0.538. The molecule has 2 rings (SSSR count). The SMILES string of the molecule is CC(C)(O)[C@H]1CCCN1c1cc(F)ccc1[N+](=O)[O-]. The van der Waals surface area contributed by atoms with Crippen LogP contribution in [-0.2, 0) is 0 Å². The van der Waals surface area contributed by atoms with Crippen LogP contribution in [0.4, 0.5) is 15.8 Å². The van der Waals surface area contributed by atoms with Crippen LogP contribution in [0.3, 0.4) is 0 Å². The van der Waals surface area contributed by atoms with Gasteiger partial charge in [-0.1, -0.05) is 0 Å². The van der Waals surface area contributed by atoms with E-state index in [-0.39, 0.29) is 17.4 Å². The number of halogens is 1. The highest BCUT2D eigenvalue weighted by Crippen LogP contribution is 2.37. The summed E-state index contributed by atoms with van der Waals surface area (Å²) in [6, 6.07) is 3.18. The number of hydrogen-bond acceptors (Lipinski definition) is 4. The first kappa shape index (κ1) is 13.7. The fourth-order valence-electron chi connectivity index (χ4n) is 2.67. The number of benzene rings is 1. The lowest BCUT2D eigenvalue weighted by molar-refractivity contribution is -0.384. The highest BCUT2D eigenvalue weighted by atomic mass is 19.1. The van der Waals surface area contributed by atoms with E-state index in [1.54, 1.807) is 18.7 Å². The topological polar surface area (TPSA) is 66.6 Å². The molecule has 0 unspecified atom stereocenters. The lowest BCUT2D eigenvalue weighted by atomic mass is 9.96. The molecule has 1 atom stereocenters. The smallest absolute Gasteiger partial charge is 0.292 e. The Morgan fingerprint density at radius 3 is 2.79 bits per heavy atom. The van der Waals surface area contributed by atoms with Crippen LogP contribution in [0.1, 0.15) is 26.7 Å². The molecule has 0 bridgehead atoms. The second kappa shape index (κ2) is 4.77. The van der Waals surface area contributed by atoms with Crippen molar-refractivity contribution < 1.29 is 14.4 Å². The van der Waals surface area contributed by atoms with Crippen molar-refractivity contribution in [1.82, 2.24) is 0 Å². The normalized spacial score (nSPS) is 19.8. The monoisotopic (exact) mass is 268 g/mol. The molecule has 5 nitrogen and oxygen atoms in total. The van der Waals surface area contributed by atoms with E-state index >= 15 is 0 Å². The summed E-state index contributed by atoms with van der Waals surface area (Å²) in [6.45, 7) is 3.92. The first-order valence-corrected chi connectivity index (χ1v) is 6.23. The molecule has 0 aromatic heterocycles. The van der Waals surface area contributed by atoms with Crippen LogP contribution in [0.15, 0.2) is 18.2 Å². The maximum absolute atomic E-state index is 13.4. The lowest BCUT2D eigenvalue weighted by Crippen LogP contribution is -2.46. The van der Waals surface area contributed by atoms with Gasteiger partial charge >= 0.3 is 0 Å². The van der Waals surface area contributed by atoms with E-state index in [1.165, 1.54) is 12.1 Å². The second-order valence-corrected chi connectivity index (χ2v) is 5.40. The third kappa shape index (κ3) is 2.68. The molecular weight excluding hydrogens is 251 g/mol. The zero-order valence-corrected chi connectivity index (χ0v) is 11.0. The number of nitrogens with zero attached hydrogens (tertiary/aromatic N) is 2. The van der Waals surface area contributed by atoms with Gasteiger partial charge in [0.25, 0.3) is 5.69 Å². The van der Waals surface area contributed by atoms with E-state index in [4.69, 9.17) is 0 Å².